The molecule has 0 atom stereocenters. The van der Waals surface area contributed by atoms with Gasteiger partial charge in [0, 0.05) is 17.6 Å². The number of halogens is 4. The van der Waals surface area contributed by atoms with E-state index in [1.165, 1.54) is 42.6 Å². The van der Waals surface area contributed by atoms with E-state index in [1.54, 1.807) is 6.07 Å². The van der Waals surface area contributed by atoms with Gasteiger partial charge in [-0.15, -0.1) is 0 Å². The molecule has 0 aliphatic carbocycles. The van der Waals surface area contributed by atoms with Gasteiger partial charge < -0.3 is 10.6 Å². The van der Waals surface area contributed by atoms with Gasteiger partial charge in [0.15, 0.2) is 0 Å². The molecule has 0 aliphatic heterocycles. The molecule has 0 bridgehead atoms. The summed E-state index contributed by atoms with van der Waals surface area (Å²) in [4.78, 5) is 20.2. The molecule has 9 heteroatoms. The molecule has 0 spiro atoms. The second-order valence-electron chi connectivity index (χ2n) is 5.43. The Morgan fingerprint density at radius 3 is 2.44 bits per heavy atom. The Hall–Kier alpha value is -3.49. The summed E-state index contributed by atoms with van der Waals surface area (Å²) in [5.41, 5.74) is -0.587. The SMILES string of the molecule is O=C(Nc1cccc(C(F)(F)F)c1)c1ccnc(Nc2cccc(F)c2)n1. The van der Waals surface area contributed by atoms with Crippen LogP contribution in [-0.2, 0) is 6.18 Å². The molecule has 0 saturated carbocycles. The molecule has 1 aromatic heterocycles. The van der Waals surface area contributed by atoms with Crippen molar-refractivity contribution in [3.8, 4) is 0 Å². The van der Waals surface area contributed by atoms with Crippen LogP contribution in [0.4, 0.5) is 34.9 Å². The molecule has 1 amide bonds. The first kappa shape index (κ1) is 18.3. The van der Waals surface area contributed by atoms with Crippen LogP contribution in [0.3, 0.4) is 0 Å². The predicted octanol–water partition coefficient (Wildman–Crippen LogP) is 4.63. The molecular weight excluding hydrogens is 364 g/mol. The summed E-state index contributed by atoms with van der Waals surface area (Å²) in [6.45, 7) is 0. The van der Waals surface area contributed by atoms with Crippen molar-refractivity contribution in [2.45, 2.75) is 6.18 Å². The van der Waals surface area contributed by atoms with E-state index in [9.17, 15) is 22.4 Å². The third kappa shape index (κ3) is 4.78. The zero-order valence-electron chi connectivity index (χ0n) is 13.6. The van der Waals surface area contributed by atoms with Gasteiger partial charge in [-0.3, -0.25) is 4.79 Å². The van der Waals surface area contributed by atoms with E-state index in [4.69, 9.17) is 0 Å². The minimum absolute atomic E-state index is 0.0203. The number of nitrogens with zero attached hydrogens (tertiary/aromatic N) is 2. The molecule has 1 heterocycles. The van der Waals surface area contributed by atoms with Gasteiger partial charge in [0.25, 0.3) is 5.91 Å². The minimum Gasteiger partial charge on any atom is -0.324 e. The molecule has 0 fully saturated rings. The first-order chi connectivity index (χ1) is 12.8. The number of alkyl halides is 3. The summed E-state index contributed by atoms with van der Waals surface area (Å²) >= 11 is 0. The van der Waals surface area contributed by atoms with Crippen LogP contribution in [0.15, 0.2) is 60.8 Å². The van der Waals surface area contributed by atoms with Crippen LogP contribution >= 0.6 is 0 Å². The van der Waals surface area contributed by atoms with Crippen molar-refractivity contribution in [1.29, 1.82) is 0 Å². The van der Waals surface area contributed by atoms with Gasteiger partial charge in [0.05, 0.1) is 5.56 Å². The average Bonchev–Trinajstić information content (AvgIpc) is 2.61. The largest absolute Gasteiger partial charge is 0.416 e. The molecule has 3 rings (SSSR count). The summed E-state index contributed by atoms with van der Waals surface area (Å²) in [7, 11) is 0. The Balaban J connectivity index is 1.76. The van der Waals surface area contributed by atoms with Crippen molar-refractivity contribution in [1.82, 2.24) is 9.97 Å². The van der Waals surface area contributed by atoms with Crippen LogP contribution < -0.4 is 10.6 Å². The highest BCUT2D eigenvalue weighted by molar-refractivity contribution is 6.03. The highest BCUT2D eigenvalue weighted by atomic mass is 19.4. The Morgan fingerprint density at radius 1 is 0.963 bits per heavy atom. The number of hydrogen-bond donors (Lipinski definition) is 2. The summed E-state index contributed by atoms with van der Waals surface area (Å²) in [6.07, 6.45) is -3.21. The lowest BCUT2D eigenvalue weighted by atomic mass is 10.2. The lowest BCUT2D eigenvalue weighted by molar-refractivity contribution is -0.137. The Bertz CT molecular complexity index is 975. The topological polar surface area (TPSA) is 66.9 Å². The maximum Gasteiger partial charge on any atom is 0.416 e. The van der Waals surface area contributed by atoms with E-state index < -0.39 is 23.5 Å². The van der Waals surface area contributed by atoms with Gasteiger partial charge in [-0.1, -0.05) is 12.1 Å². The number of rotatable bonds is 4. The van der Waals surface area contributed by atoms with Crippen molar-refractivity contribution < 1.29 is 22.4 Å². The van der Waals surface area contributed by atoms with E-state index in [1.807, 2.05) is 0 Å². The van der Waals surface area contributed by atoms with Crippen LogP contribution in [0.1, 0.15) is 16.1 Å². The molecule has 3 aromatic rings. The van der Waals surface area contributed by atoms with Crippen molar-refractivity contribution in [2.24, 2.45) is 0 Å². The molecule has 0 saturated heterocycles. The average molecular weight is 376 g/mol. The molecule has 138 valence electrons. The fourth-order valence-corrected chi connectivity index (χ4v) is 2.21. The number of nitrogens with one attached hydrogen (secondary N) is 2. The fourth-order valence-electron chi connectivity index (χ4n) is 2.21. The van der Waals surface area contributed by atoms with Gasteiger partial charge in [-0.05, 0) is 42.5 Å². The molecule has 0 radical (unpaired) electrons. The minimum atomic E-state index is -4.52. The Labute approximate surface area is 151 Å². The number of benzene rings is 2. The number of carbonyl (C=O) groups is 1. The van der Waals surface area contributed by atoms with Gasteiger partial charge in [0.2, 0.25) is 5.95 Å². The zero-order valence-corrected chi connectivity index (χ0v) is 13.6. The standard InChI is InChI=1S/C18H12F4N4O/c19-12-4-2-6-14(10-12)25-17-23-8-7-15(26-17)16(27)24-13-5-1-3-11(9-13)18(20,21)22/h1-10H,(H,24,27)(H,23,25,26). The van der Waals surface area contributed by atoms with E-state index in [0.29, 0.717) is 5.69 Å². The quantitative estimate of drug-likeness (QED) is 0.652. The molecule has 0 unspecified atom stereocenters. The first-order valence-corrected chi connectivity index (χ1v) is 7.65. The molecule has 2 N–H and O–H groups in total. The van der Waals surface area contributed by atoms with Gasteiger partial charge in [-0.2, -0.15) is 13.2 Å². The fraction of sp³-hybridized carbons (Fsp3) is 0.0556. The lowest BCUT2D eigenvalue weighted by Gasteiger charge is -2.10. The molecular formula is C18H12F4N4O. The molecule has 2 aromatic carbocycles. The summed E-state index contributed by atoms with van der Waals surface area (Å²) in [6, 6.07) is 11.1. The molecule has 5 nitrogen and oxygen atoms in total. The van der Waals surface area contributed by atoms with Gasteiger partial charge >= 0.3 is 6.18 Å². The number of aromatic nitrogens is 2. The summed E-state index contributed by atoms with van der Waals surface area (Å²) in [5.74, 6) is -1.13. The van der Waals surface area contributed by atoms with Crippen molar-refractivity contribution >= 4 is 23.2 Å². The number of carbonyl (C=O) groups excluding carboxylic acids is 1. The summed E-state index contributed by atoms with van der Waals surface area (Å²) in [5, 5.41) is 5.10. The Morgan fingerprint density at radius 2 is 1.70 bits per heavy atom. The highest BCUT2D eigenvalue weighted by Crippen LogP contribution is 2.30. The summed E-state index contributed by atoms with van der Waals surface area (Å²) < 4.78 is 51.5. The monoisotopic (exact) mass is 376 g/mol. The molecule has 27 heavy (non-hydrogen) atoms. The first-order valence-electron chi connectivity index (χ1n) is 7.65. The second-order valence-corrected chi connectivity index (χ2v) is 5.43. The maximum absolute atomic E-state index is 13.2. The Kier molecular flexibility index (Phi) is 5.02. The second kappa shape index (κ2) is 7.40. The van der Waals surface area contributed by atoms with Crippen LogP contribution in [0, 0.1) is 5.82 Å². The van der Waals surface area contributed by atoms with Crippen molar-refractivity contribution in [2.75, 3.05) is 10.6 Å². The van der Waals surface area contributed by atoms with E-state index >= 15 is 0 Å². The number of hydrogen-bond acceptors (Lipinski definition) is 4. The van der Waals surface area contributed by atoms with Crippen LogP contribution in [0.25, 0.3) is 0 Å². The van der Waals surface area contributed by atoms with Crippen molar-refractivity contribution in [3.63, 3.8) is 0 Å². The van der Waals surface area contributed by atoms with Crippen LogP contribution in [0.2, 0.25) is 0 Å². The smallest absolute Gasteiger partial charge is 0.324 e. The van der Waals surface area contributed by atoms with E-state index in [-0.39, 0.29) is 17.3 Å². The third-order valence-corrected chi connectivity index (χ3v) is 3.42. The normalized spacial score (nSPS) is 11.1. The maximum atomic E-state index is 13.2. The zero-order chi connectivity index (χ0) is 19.4. The van der Waals surface area contributed by atoms with Gasteiger partial charge in [-0.25, -0.2) is 14.4 Å². The van der Waals surface area contributed by atoms with Gasteiger partial charge in [0.1, 0.15) is 11.5 Å². The lowest BCUT2D eigenvalue weighted by Crippen LogP contribution is -2.15. The molecule has 0 aliphatic rings. The van der Waals surface area contributed by atoms with Crippen LogP contribution in [-0.4, -0.2) is 15.9 Å². The van der Waals surface area contributed by atoms with Crippen LogP contribution in [0.5, 0.6) is 0 Å². The number of amides is 1. The van der Waals surface area contributed by atoms with E-state index in [0.717, 1.165) is 12.1 Å². The predicted molar refractivity (Wildman–Crippen MR) is 91.1 cm³/mol. The van der Waals surface area contributed by atoms with Crippen molar-refractivity contribution in [3.05, 3.63) is 77.9 Å². The third-order valence-electron chi connectivity index (χ3n) is 3.42. The van der Waals surface area contributed by atoms with E-state index in [2.05, 4.69) is 20.6 Å². The highest BCUT2D eigenvalue weighted by Gasteiger charge is 2.30. The number of anilines is 3.